The number of amides is 1. The molecule has 6 nitrogen and oxygen atoms in total. The number of fused-ring (bicyclic) bond motifs is 1. The third-order valence-corrected chi connectivity index (χ3v) is 4.96. The number of anilines is 1. The summed E-state index contributed by atoms with van der Waals surface area (Å²) in [5, 5.41) is 12.6. The highest BCUT2D eigenvalue weighted by molar-refractivity contribution is 5.92. The van der Waals surface area contributed by atoms with Crippen LogP contribution in [0.4, 0.5) is 5.69 Å². The van der Waals surface area contributed by atoms with Gasteiger partial charge in [-0.1, -0.05) is 30.3 Å². The van der Waals surface area contributed by atoms with Gasteiger partial charge in [-0.25, -0.2) is 0 Å². The Balaban J connectivity index is 1.53. The minimum atomic E-state index is -0.342. The van der Waals surface area contributed by atoms with Gasteiger partial charge in [-0.15, -0.1) is 0 Å². The summed E-state index contributed by atoms with van der Waals surface area (Å²) in [5.74, 6) is 0.725. The number of carbonyl (C=O) groups excluding carboxylic acids is 1. The lowest BCUT2D eigenvalue weighted by Crippen LogP contribution is -2.20. The molecule has 0 aliphatic heterocycles. The molecular weight excluding hydrogens is 394 g/mol. The highest BCUT2D eigenvalue weighted by Gasteiger charge is 2.14. The summed E-state index contributed by atoms with van der Waals surface area (Å²) in [4.78, 5) is 25.2. The van der Waals surface area contributed by atoms with Crippen molar-refractivity contribution in [3.05, 3.63) is 88.3 Å². The Morgan fingerprint density at radius 1 is 1.03 bits per heavy atom. The van der Waals surface area contributed by atoms with Crippen LogP contribution in [-0.4, -0.2) is 17.6 Å². The average Bonchev–Trinajstić information content (AvgIpc) is 2.75. The molecule has 0 saturated heterocycles. The molecule has 4 rings (SSSR count). The number of ether oxygens (including phenoxy) is 1. The van der Waals surface area contributed by atoms with E-state index in [1.807, 2.05) is 30.3 Å². The lowest BCUT2D eigenvalue weighted by Gasteiger charge is -2.11. The predicted octanol–water partition coefficient (Wildman–Crippen LogP) is 4.80. The lowest BCUT2D eigenvalue weighted by molar-refractivity contribution is -0.118. The molecule has 4 aromatic rings. The molecule has 1 amide bonds. The second-order valence-corrected chi connectivity index (χ2v) is 7.22. The van der Waals surface area contributed by atoms with E-state index in [0.717, 1.165) is 11.1 Å². The van der Waals surface area contributed by atoms with E-state index in [-0.39, 0.29) is 23.7 Å². The van der Waals surface area contributed by atoms with E-state index >= 15 is 0 Å². The summed E-state index contributed by atoms with van der Waals surface area (Å²) < 4.78 is 11.5. The zero-order chi connectivity index (χ0) is 22.0. The number of carbonyl (C=O) groups is 1. The molecule has 2 N–H and O–H groups in total. The molecule has 0 unspecified atom stereocenters. The Labute approximate surface area is 178 Å². The summed E-state index contributed by atoms with van der Waals surface area (Å²) in [6, 6.07) is 19.0. The highest BCUT2D eigenvalue weighted by atomic mass is 16.5. The van der Waals surface area contributed by atoms with Crippen molar-refractivity contribution in [3.63, 3.8) is 0 Å². The Kier molecular flexibility index (Phi) is 5.45. The molecule has 0 aliphatic carbocycles. The molecule has 0 radical (unpaired) electrons. The maximum atomic E-state index is 13.0. The van der Waals surface area contributed by atoms with Gasteiger partial charge in [0.2, 0.25) is 5.43 Å². The van der Waals surface area contributed by atoms with Gasteiger partial charge in [-0.05, 0) is 55.3 Å². The Bertz CT molecular complexity index is 1330. The van der Waals surface area contributed by atoms with Crippen LogP contribution in [0.5, 0.6) is 11.5 Å². The summed E-state index contributed by atoms with van der Waals surface area (Å²) in [5.41, 5.74) is 2.96. The molecule has 31 heavy (non-hydrogen) atoms. The first-order valence-corrected chi connectivity index (χ1v) is 9.77. The molecule has 0 spiro atoms. The second-order valence-electron chi connectivity index (χ2n) is 7.22. The summed E-state index contributed by atoms with van der Waals surface area (Å²) in [6.07, 6.45) is 0. The number of phenolic OH excluding ortho intramolecular Hbond substituents is 1. The SMILES string of the molecule is Cc1cc(O)ccc1NC(=O)COc1ccc2c(=O)c(-c3ccccc3)c(C)oc2c1. The topological polar surface area (TPSA) is 88.8 Å². The molecule has 3 aromatic carbocycles. The maximum Gasteiger partial charge on any atom is 0.262 e. The molecule has 0 fully saturated rings. The van der Waals surface area contributed by atoms with E-state index in [1.165, 1.54) is 6.07 Å². The standard InChI is InChI=1S/C25H21NO5/c1-15-12-18(27)8-11-21(15)26-23(28)14-30-19-9-10-20-22(13-19)31-16(2)24(25(20)29)17-6-4-3-5-7-17/h3-13,27H,14H2,1-2H3,(H,26,28). The van der Waals surface area contributed by atoms with Crippen LogP contribution in [-0.2, 0) is 4.79 Å². The van der Waals surface area contributed by atoms with Crippen molar-refractivity contribution in [2.24, 2.45) is 0 Å². The lowest BCUT2D eigenvalue weighted by atomic mass is 10.0. The molecule has 0 saturated carbocycles. The zero-order valence-corrected chi connectivity index (χ0v) is 17.1. The van der Waals surface area contributed by atoms with E-state index in [2.05, 4.69) is 5.32 Å². The van der Waals surface area contributed by atoms with E-state index in [1.54, 1.807) is 44.2 Å². The third kappa shape index (κ3) is 4.28. The number of nitrogens with one attached hydrogen (secondary N) is 1. The Morgan fingerprint density at radius 2 is 1.81 bits per heavy atom. The molecule has 156 valence electrons. The Hall–Kier alpha value is -4.06. The van der Waals surface area contributed by atoms with Crippen molar-refractivity contribution in [2.75, 3.05) is 11.9 Å². The fourth-order valence-electron chi connectivity index (χ4n) is 3.44. The number of rotatable bonds is 5. The van der Waals surface area contributed by atoms with Crippen LogP contribution >= 0.6 is 0 Å². The normalized spacial score (nSPS) is 10.8. The maximum absolute atomic E-state index is 13.0. The number of hydrogen-bond acceptors (Lipinski definition) is 5. The first-order chi connectivity index (χ1) is 14.9. The van der Waals surface area contributed by atoms with Crippen LogP contribution in [0.1, 0.15) is 11.3 Å². The Morgan fingerprint density at radius 3 is 2.55 bits per heavy atom. The monoisotopic (exact) mass is 415 g/mol. The van der Waals surface area contributed by atoms with E-state index in [4.69, 9.17) is 9.15 Å². The minimum absolute atomic E-state index is 0.114. The van der Waals surface area contributed by atoms with Crippen LogP contribution in [0.2, 0.25) is 0 Å². The van der Waals surface area contributed by atoms with Crippen molar-refractivity contribution in [1.29, 1.82) is 0 Å². The summed E-state index contributed by atoms with van der Waals surface area (Å²) in [6.45, 7) is 3.33. The molecule has 1 aromatic heterocycles. The highest BCUT2D eigenvalue weighted by Crippen LogP contribution is 2.26. The second kappa shape index (κ2) is 8.36. The van der Waals surface area contributed by atoms with Gasteiger partial charge in [-0.2, -0.15) is 0 Å². The van der Waals surface area contributed by atoms with Crippen molar-refractivity contribution in [1.82, 2.24) is 0 Å². The first-order valence-electron chi connectivity index (χ1n) is 9.77. The van der Waals surface area contributed by atoms with Gasteiger partial charge in [-0.3, -0.25) is 9.59 Å². The van der Waals surface area contributed by atoms with Crippen LogP contribution < -0.4 is 15.5 Å². The van der Waals surface area contributed by atoms with Gasteiger partial charge < -0.3 is 19.6 Å². The fourth-order valence-corrected chi connectivity index (χ4v) is 3.44. The van der Waals surface area contributed by atoms with Crippen molar-refractivity contribution < 1.29 is 19.1 Å². The van der Waals surface area contributed by atoms with Crippen LogP contribution in [0.15, 0.2) is 75.9 Å². The fraction of sp³-hybridized carbons (Fsp3) is 0.120. The van der Waals surface area contributed by atoms with Crippen LogP contribution in [0.25, 0.3) is 22.1 Å². The quantitative estimate of drug-likeness (QED) is 0.457. The van der Waals surface area contributed by atoms with Crippen molar-refractivity contribution in [3.8, 4) is 22.6 Å². The first kappa shape index (κ1) is 20.2. The van der Waals surface area contributed by atoms with Gasteiger partial charge in [0.25, 0.3) is 5.91 Å². The van der Waals surface area contributed by atoms with Crippen LogP contribution in [0.3, 0.4) is 0 Å². The summed E-state index contributed by atoms with van der Waals surface area (Å²) >= 11 is 0. The third-order valence-electron chi connectivity index (χ3n) is 4.96. The minimum Gasteiger partial charge on any atom is -0.508 e. The van der Waals surface area contributed by atoms with E-state index in [9.17, 15) is 14.7 Å². The average molecular weight is 415 g/mol. The van der Waals surface area contributed by atoms with E-state index < -0.39 is 0 Å². The number of hydrogen-bond donors (Lipinski definition) is 2. The van der Waals surface area contributed by atoms with Gasteiger partial charge >= 0.3 is 0 Å². The predicted molar refractivity (Wildman–Crippen MR) is 120 cm³/mol. The van der Waals surface area contributed by atoms with Gasteiger partial charge in [0, 0.05) is 11.8 Å². The van der Waals surface area contributed by atoms with E-state index in [0.29, 0.717) is 33.7 Å². The number of benzene rings is 3. The van der Waals surface area contributed by atoms with Crippen molar-refractivity contribution >= 4 is 22.6 Å². The van der Waals surface area contributed by atoms with Crippen molar-refractivity contribution in [2.45, 2.75) is 13.8 Å². The number of phenols is 1. The van der Waals surface area contributed by atoms with Gasteiger partial charge in [0.15, 0.2) is 6.61 Å². The molecule has 0 atom stereocenters. The molecule has 1 heterocycles. The number of aryl methyl sites for hydroxylation is 2. The largest absolute Gasteiger partial charge is 0.508 e. The smallest absolute Gasteiger partial charge is 0.262 e. The number of aromatic hydroxyl groups is 1. The summed E-state index contributed by atoms with van der Waals surface area (Å²) in [7, 11) is 0. The molecular formula is C25H21NO5. The van der Waals surface area contributed by atoms with Gasteiger partial charge in [0.1, 0.15) is 22.8 Å². The molecule has 0 aliphatic rings. The zero-order valence-electron chi connectivity index (χ0n) is 17.1. The van der Waals surface area contributed by atoms with Crippen LogP contribution in [0, 0.1) is 13.8 Å². The van der Waals surface area contributed by atoms with Gasteiger partial charge in [0.05, 0.1) is 10.9 Å². The molecule has 0 bridgehead atoms. The molecule has 6 heteroatoms.